The lowest BCUT2D eigenvalue weighted by Gasteiger charge is -2.13. The van der Waals surface area contributed by atoms with E-state index in [0.29, 0.717) is 12.8 Å². The Hall–Kier alpha value is -4.03. The van der Waals surface area contributed by atoms with Gasteiger partial charge in [-0.25, -0.2) is 19.3 Å². The fourth-order valence-electron chi connectivity index (χ4n) is 4.40. The number of carbonyl (C=O) groups is 4. The van der Waals surface area contributed by atoms with Crippen molar-refractivity contribution in [2.45, 2.75) is 74.8 Å². The highest BCUT2D eigenvalue weighted by molar-refractivity contribution is 8.09. The van der Waals surface area contributed by atoms with Crippen LogP contribution in [0.3, 0.4) is 0 Å². The van der Waals surface area contributed by atoms with Gasteiger partial charge in [0.1, 0.15) is 49.3 Å². The summed E-state index contributed by atoms with van der Waals surface area (Å²) >= 11 is 0. The molecule has 0 bridgehead atoms. The fourth-order valence-corrected chi connectivity index (χ4v) is 5.18. The maximum Gasteiger partial charge on any atom is 0.227 e. The number of nitrogen functional groups attached to an aromatic ring is 1. The van der Waals surface area contributed by atoms with Gasteiger partial charge in [-0.3, -0.25) is 35.3 Å². The maximum atomic E-state index is 12.6. The smallest absolute Gasteiger partial charge is 0.227 e. The molecule has 2 aromatic heterocycles. The number of ether oxygens (including phenoxy) is 2. The van der Waals surface area contributed by atoms with Gasteiger partial charge in [-0.15, -0.1) is 10.2 Å². The summed E-state index contributed by atoms with van der Waals surface area (Å²) in [5, 5.41) is 85.9. The molecule has 13 N–H and O–H groups in total. The van der Waals surface area contributed by atoms with Crippen LogP contribution in [0.2, 0.25) is 0 Å². The van der Waals surface area contributed by atoms with E-state index in [1.807, 2.05) is 5.09 Å². The second kappa shape index (κ2) is 19.0. The molecule has 0 spiro atoms. The molecule has 0 aliphatic carbocycles. The minimum Gasteiger partial charge on any atom is -0.394 e. The minimum absolute atomic E-state index is 0.00254. The molecule has 10 unspecified atom stereocenters. The lowest BCUT2D eigenvalue weighted by atomic mass is 10.1. The third kappa shape index (κ3) is 11.5. The quantitative estimate of drug-likeness (QED) is 0.0466. The van der Waals surface area contributed by atoms with Gasteiger partial charge in [-0.2, -0.15) is 4.20 Å². The molecule has 3 saturated heterocycles. The van der Waals surface area contributed by atoms with Crippen molar-refractivity contribution in [3.8, 4) is 0 Å². The van der Waals surface area contributed by atoms with Gasteiger partial charge < -0.3 is 56.3 Å². The highest BCUT2D eigenvalue weighted by Crippen LogP contribution is 2.41. The average molecular weight is 767 g/mol. The van der Waals surface area contributed by atoms with E-state index in [4.69, 9.17) is 36.2 Å². The van der Waals surface area contributed by atoms with Crippen molar-refractivity contribution < 1.29 is 63.5 Å². The molecule has 5 heterocycles. The van der Waals surface area contributed by atoms with Crippen LogP contribution in [0.5, 0.6) is 0 Å². The van der Waals surface area contributed by atoms with E-state index < -0.39 is 88.0 Å². The number of amidine groups is 2. The van der Waals surface area contributed by atoms with Gasteiger partial charge in [0, 0.05) is 25.7 Å². The van der Waals surface area contributed by atoms with E-state index in [0.717, 1.165) is 15.7 Å². The maximum absolute atomic E-state index is 12.6. The first-order chi connectivity index (χ1) is 24.1. The van der Waals surface area contributed by atoms with Crippen LogP contribution in [-0.2, 0) is 28.7 Å². The largest absolute Gasteiger partial charge is 0.394 e. The Bertz CT molecular complexity index is 1550. The Morgan fingerprint density at radius 1 is 0.902 bits per heavy atom. The molecule has 3 aliphatic rings. The summed E-state index contributed by atoms with van der Waals surface area (Å²) in [7, 11) is -0.377. The molecule has 0 radical (unpaired) electrons. The number of aliphatic hydroxyl groups excluding tert-OH is 6. The first-order valence-electron chi connectivity index (χ1n) is 14.7. The number of rotatable bonds is 10. The van der Waals surface area contributed by atoms with Crippen LogP contribution in [0.25, 0.3) is 0 Å². The predicted octanol–water partition coefficient (Wildman–Crippen LogP) is -5.10. The van der Waals surface area contributed by atoms with Crippen LogP contribution in [-0.4, -0.2) is 145 Å². The van der Waals surface area contributed by atoms with Gasteiger partial charge in [-0.05, 0) is 0 Å². The lowest BCUT2D eigenvalue weighted by molar-refractivity contribution is -0.125. The van der Waals surface area contributed by atoms with Crippen LogP contribution >= 0.6 is 17.0 Å². The molecule has 0 aromatic carbocycles. The van der Waals surface area contributed by atoms with E-state index in [1.165, 1.54) is 6.33 Å². The third-order valence-corrected chi connectivity index (χ3v) is 7.82. The first-order valence-corrected chi connectivity index (χ1v) is 17.5. The number of aliphatic hydroxyl groups is 6. The molecule has 10 atom stereocenters. The van der Waals surface area contributed by atoms with Gasteiger partial charge in [0.2, 0.25) is 35.3 Å². The van der Waals surface area contributed by atoms with Crippen molar-refractivity contribution in [2.24, 2.45) is 5.73 Å². The number of aromatic nitrogens is 6. The Balaban J connectivity index is 0.000000246. The summed E-state index contributed by atoms with van der Waals surface area (Å²) in [6.45, 7) is -0.917. The zero-order valence-electron chi connectivity index (χ0n) is 26.3. The van der Waals surface area contributed by atoms with Crippen LogP contribution in [0, 0.1) is 10.8 Å². The molecule has 24 nitrogen and oxygen atoms in total. The van der Waals surface area contributed by atoms with Gasteiger partial charge in [0.15, 0.2) is 32.2 Å². The molecule has 282 valence electrons. The van der Waals surface area contributed by atoms with E-state index >= 15 is 0 Å². The van der Waals surface area contributed by atoms with Crippen molar-refractivity contribution in [1.29, 1.82) is 10.8 Å². The molecule has 4 amide bonds. The van der Waals surface area contributed by atoms with Crippen molar-refractivity contribution in [2.75, 3.05) is 13.2 Å². The van der Waals surface area contributed by atoms with Crippen molar-refractivity contribution in [1.82, 2.24) is 45.2 Å². The molecule has 27 heteroatoms. The van der Waals surface area contributed by atoms with Crippen molar-refractivity contribution in [3.63, 3.8) is 0 Å². The highest BCUT2D eigenvalue weighted by atomic mass is 32.0. The van der Waals surface area contributed by atoms with Crippen molar-refractivity contribution in [3.05, 3.63) is 24.3 Å². The lowest BCUT2D eigenvalue weighted by Crippen LogP contribution is -2.33. The standard InChI is InChI=1S/C12H19FN6O6P2.C8H13N5O4.C4H5NO2/c13-27(26)18-7(22)2-1-6(21)16-10(14)11-15-4-19(17-11)12-9(24)8(23)5(3-20)25-12;9-6(10)7-11-2-13(12-7)8-5(16)4(15)3(1-14)17-8;6-3-1-2-4(7)5-3/h4-5,8-9,12,20,23-24H,1-3,26H2,(H,18,22)(H2,14,16,21);2-5,8,14-16H,1H2,(H3,9,10);1-2H2,(H,5,6,7). The minimum atomic E-state index is -2.18. The Morgan fingerprint density at radius 2 is 1.35 bits per heavy atom. The number of hydrogen-bond acceptors (Lipinski definition) is 18. The third-order valence-electron chi connectivity index (χ3n) is 6.97. The van der Waals surface area contributed by atoms with Gasteiger partial charge in [0.05, 0.1) is 13.2 Å². The summed E-state index contributed by atoms with van der Waals surface area (Å²) in [4.78, 5) is 50.8. The molecule has 0 saturated carbocycles. The number of nitrogens with two attached hydrogens (primary N) is 1. The predicted molar refractivity (Wildman–Crippen MR) is 170 cm³/mol. The molecular formula is C24H37FN12O12P2. The summed E-state index contributed by atoms with van der Waals surface area (Å²) < 4.78 is 25.3. The summed E-state index contributed by atoms with van der Waals surface area (Å²) in [6, 6.07) is 0. The molecule has 51 heavy (non-hydrogen) atoms. The molecule has 2 aromatic rings. The fraction of sp³-hybridized carbons (Fsp3) is 0.583. The highest BCUT2D eigenvalue weighted by Gasteiger charge is 2.45. The van der Waals surface area contributed by atoms with E-state index in [2.05, 4.69) is 30.8 Å². The molecular weight excluding hydrogens is 729 g/mol. The van der Waals surface area contributed by atoms with Crippen LogP contribution in [0.1, 0.15) is 49.8 Å². The number of halogens is 1. The number of carbonyl (C=O) groups excluding carboxylic acids is 4. The normalized spacial score (nSPS) is 27.4. The Labute approximate surface area is 290 Å². The summed E-state index contributed by atoms with van der Waals surface area (Å²) in [6.07, 6.45) is -6.45. The van der Waals surface area contributed by atoms with Crippen molar-refractivity contribution >= 4 is 52.3 Å². The summed E-state index contributed by atoms with van der Waals surface area (Å²) in [5.41, 5.74) is 5.19. The number of hydrogen-bond donors (Lipinski definition) is 12. The molecule has 3 fully saturated rings. The number of nitrogens with one attached hydrogen (secondary N) is 5. The number of amides is 4. The van der Waals surface area contributed by atoms with Gasteiger partial charge in [0.25, 0.3) is 0 Å². The van der Waals surface area contributed by atoms with Gasteiger partial charge >= 0.3 is 0 Å². The van der Waals surface area contributed by atoms with E-state index in [-0.39, 0.29) is 42.1 Å². The zero-order valence-corrected chi connectivity index (χ0v) is 28.4. The van der Waals surface area contributed by atoms with E-state index in [9.17, 15) is 43.8 Å². The second-order valence-electron chi connectivity index (χ2n) is 10.7. The average Bonchev–Trinajstić information content (AvgIpc) is 3.91. The monoisotopic (exact) mass is 766 g/mol. The summed E-state index contributed by atoms with van der Waals surface area (Å²) in [5.74, 6) is -2.54. The molecule has 3 aliphatic heterocycles. The first kappa shape index (κ1) is 41.4. The Kier molecular flexibility index (Phi) is 15.4. The number of imide groups is 1. The topological polar surface area (TPSA) is 379 Å². The zero-order chi connectivity index (χ0) is 38.0. The second-order valence-corrected chi connectivity index (χ2v) is 12.9. The van der Waals surface area contributed by atoms with E-state index in [1.54, 1.807) is 8.93 Å². The van der Waals surface area contributed by atoms with Gasteiger partial charge in [-0.1, -0.05) is 8.93 Å². The van der Waals surface area contributed by atoms with Crippen LogP contribution in [0.15, 0.2) is 12.7 Å². The molecule has 5 rings (SSSR count). The van der Waals surface area contributed by atoms with Crippen LogP contribution in [0.4, 0.5) is 4.20 Å². The number of nitrogens with zero attached hydrogens (tertiary/aromatic N) is 6. The SMILES string of the molecule is N=C(N)c1ncn(C2OC(CO)C(O)C2O)n1.N=C(NC(=O)CCC(=O)NP(F)P)c1ncn(C2OC(CO)C(O)C2O)n1.O=C1CCC(=O)N1. The Morgan fingerprint density at radius 3 is 1.73 bits per heavy atom. The van der Waals surface area contributed by atoms with Crippen LogP contribution < -0.4 is 21.5 Å².